The van der Waals surface area contributed by atoms with Crippen LogP contribution in [-0.2, 0) is 13.6 Å². The van der Waals surface area contributed by atoms with Crippen molar-refractivity contribution in [3.8, 4) is 0 Å². The molecule has 0 radical (unpaired) electrons. The van der Waals surface area contributed by atoms with Crippen molar-refractivity contribution in [3.63, 3.8) is 0 Å². The van der Waals surface area contributed by atoms with Crippen molar-refractivity contribution in [1.82, 2.24) is 14.8 Å². The van der Waals surface area contributed by atoms with Gasteiger partial charge < -0.3 is 10.0 Å². The number of aliphatic hydroxyl groups is 1. The van der Waals surface area contributed by atoms with Crippen LogP contribution in [0, 0.1) is 6.92 Å². The summed E-state index contributed by atoms with van der Waals surface area (Å²) >= 11 is 1.54. The molecule has 0 spiro atoms. The van der Waals surface area contributed by atoms with Crippen LogP contribution in [0.4, 0.5) is 5.13 Å². The second-order valence-corrected chi connectivity index (χ2v) is 5.51. The van der Waals surface area contributed by atoms with E-state index in [1.54, 1.807) is 11.6 Å². The van der Waals surface area contributed by atoms with Crippen molar-refractivity contribution < 1.29 is 5.11 Å². The van der Waals surface area contributed by atoms with E-state index in [4.69, 9.17) is 0 Å². The first kappa shape index (κ1) is 13.0. The highest BCUT2D eigenvalue weighted by Gasteiger charge is 2.15. The van der Waals surface area contributed by atoms with Crippen LogP contribution in [0.1, 0.15) is 29.2 Å². The van der Waals surface area contributed by atoms with E-state index in [0.29, 0.717) is 0 Å². The summed E-state index contributed by atoms with van der Waals surface area (Å²) in [6.45, 7) is 4.46. The van der Waals surface area contributed by atoms with E-state index < -0.39 is 6.10 Å². The van der Waals surface area contributed by atoms with Crippen molar-refractivity contribution in [3.05, 3.63) is 28.5 Å². The molecule has 5 nitrogen and oxygen atoms in total. The van der Waals surface area contributed by atoms with Gasteiger partial charge in [-0.25, -0.2) is 4.98 Å². The van der Waals surface area contributed by atoms with Crippen molar-refractivity contribution in [1.29, 1.82) is 0 Å². The Balaban J connectivity index is 2.13. The lowest BCUT2D eigenvalue weighted by Crippen LogP contribution is -2.15. The standard InChI is InChI=1S/C12H18N4OS/c1-8-11(9(2)17)18-12(14-8)15(3)6-10-5-13-16(4)7-10/h5,7,9,17H,6H2,1-4H3. The van der Waals surface area contributed by atoms with Gasteiger partial charge in [0.25, 0.3) is 0 Å². The van der Waals surface area contributed by atoms with Crippen LogP contribution in [0.5, 0.6) is 0 Å². The number of hydrogen-bond acceptors (Lipinski definition) is 5. The van der Waals surface area contributed by atoms with Crippen molar-refractivity contribution >= 4 is 16.5 Å². The zero-order chi connectivity index (χ0) is 13.3. The average Bonchev–Trinajstić information content (AvgIpc) is 2.85. The Hall–Kier alpha value is -1.40. The van der Waals surface area contributed by atoms with E-state index >= 15 is 0 Å². The van der Waals surface area contributed by atoms with E-state index in [2.05, 4.69) is 15.0 Å². The summed E-state index contributed by atoms with van der Waals surface area (Å²) in [6.07, 6.45) is 3.39. The van der Waals surface area contributed by atoms with Gasteiger partial charge in [0.2, 0.25) is 0 Å². The molecule has 1 unspecified atom stereocenters. The van der Waals surface area contributed by atoms with Gasteiger partial charge >= 0.3 is 0 Å². The van der Waals surface area contributed by atoms with E-state index in [0.717, 1.165) is 27.8 Å². The zero-order valence-electron chi connectivity index (χ0n) is 11.1. The highest BCUT2D eigenvalue weighted by Crippen LogP contribution is 2.30. The van der Waals surface area contributed by atoms with Gasteiger partial charge in [-0.05, 0) is 13.8 Å². The minimum absolute atomic E-state index is 0.456. The fourth-order valence-electron chi connectivity index (χ4n) is 1.84. The first-order valence-electron chi connectivity index (χ1n) is 5.81. The van der Waals surface area contributed by atoms with Gasteiger partial charge in [-0.2, -0.15) is 5.10 Å². The van der Waals surface area contributed by atoms with Gasteiger partial charge in [0, 0.05) is 32.4 Å². The maximum absolute atomic E-state index is 9.63. The highest BCUT2D eigenvalue weighted by molar-refractivity contribution is 7.15. The van der Waals surface area contributed by atoms with Gasteiger partial charge in [0.15, 0.2) is 5.13 Å². The minimum Gasteiger partial charge on any atom is -0.388 e. The third-order valence-corrected chi connectivity index (χ3v) is 4.15. The molecule has 0 aliphatic heterocycles. The molecule has 0 saturated carbocycles. The molecule has 2 rings (SSSR count). The normalized spacial score (nSPS) is 12.7. The molecular formula is C12H18N4OS. The van der Waals surface area contributed by atoms with Crippen molar-refractivity contribution in [2.45, 2.75) is 26.5 Å². The maximum atomic E-state index is 9.63. The Kier molecular flexibility index (Phi) is 3.68. The first-order chi connectivity index (χ1) is 8.47. The molecule has 0 aromatic carbocycles. The van der Waals surface area contributed by atoms with E-state index in [1.807, 2.05) is 33.4 Å². The molecule has 1 N–H and O–H groups in total. The monoisotopic (exact) mass is 266 g/mol. The highest BCUT2D eigenvalue weighted by atomic mass is 32.1. The van der Waals surface area contributed by atoms with Crippen LogP contribution in [0.25, 0.3) is 0 Å². The minimum atomic E-state index is -0.456. The summed E-state index contributed by atoms with van der Waals surface area (Å²) in [7, 11) is 3.90. The molecule has 0 bridgehead atoms. The molecule has 6 heteroatoms. The van der Waals surface area contributed by atoms with Gasteiger partial charge in [-0.15, -0.1) is 0 Å². The Bertz CT molecular complexity index is 532. The fourth-order valence-corrected chi connectivity index (χ4v) is 2.80. The first-order valence-corrected chi connectivity index (χ1v) is 6.63. The Morgan fingerprint density at radius 3 is 2.78 bits per heavy atom. The summed E-state index contributed by atoms with van der Waals surface area (Å²) < 4.78 is 1.79. The topological polar surface area (TPSA) is 54.2 Å². The Morgan fingerprint density at radius 2 is 2.28 bits per heavy atom. The summed E-state index contributed by atoms with van der Waals surface area (Å²) in [6, 6.07) is 0. The lowest BCUT2D eigenvalue weighted by Gasteiger charge is -2.14. The molecule has 2 aromatic rings. The molecule has 98 valence electrons. The molecule has 2 aromatic heterocycles. The van der Waals surface area contributed by atoms with Gasteiger partial charge in [-0.1, -0.05) is 11.3 Å². The van der Waals surface area contributed by atoms with Gasteiger partial charge in [0.1, 0.15) is 0 Å². The summed E-state index contributed by atoms with van der Waals surface area (Å²) in [5.41, 5.74) is 2.05. The molecule has 1 atom stereocenters. The van der Waals surface area contributed by atoms with E-state index in [1.165, 1.54) is 11.3 Å². The summed E-state index contributed by atoms with van der Waals surface area (Å²) in [5, 5.41) is 14.7. The fraction of sp³-hybridized carbons (Fsp3) is 0.500. The largest absolute Gasteiger partial charge is 0.388 e. The number of hydrogen-bond donors (Lipinski definition) is 1. The maximum Gasteiger partial charge on any atom is 0.185 e. The number of aryl methyl sites for hydroxylation is 2. The van der Waals surface area contributed by atoms with Crippen LogP contribution in [0.15, 0.2) is 12.4 Å². The predicted molar refractivity (Wildman–Crippen MR) is 72.8 cm³/mol. The number of thiazole rings is 1. The SMILES string of the molecule is Cc1nc(N(C)Cc2cnn(C)c2)sc1C(C)O. The van der Waals surface area contributed by atoms with E-state index in [9.17, 15) is 5.11 Å². The van der Waals surface area contributed by atoms with Crippen LogP contribution >= 0.6 is 11.3 Å². The van der Waals surface area contributed by atoms with Crippen molar-refractivity contribution in [2.24, 2.45) is 7.05 Å². The van der Waals surface area contributed by atoms with Crippen molar-refractivity contribution in [2.75, 3.05) is 11.9 Å². The number of anilines is 1. The van der Waals surface area contributed by atoms with Crippen LogP contribution < -0.4 is 4.90 Å². The lowest BCUT2D eigenvalue weighted by atomic mass is 10.3. The van der Waals surface area contributed by atoms with Gasteiger partial charge in [-0.3, -0.25) is 4.68 Å². The van der Waals surface area contributed by atoms with E-state index in [-0.39, 0.29) is 0 Å². The third-order valence-electron chi connectivity index (χ3n) is 2.71. The zero-order valence-corrected chi connectivity index (χ0v) is 11.9. The molecular weight excluding hydrogens is 248 g/mol. The molecule has 2 heterocycles. The third kappa shape index (κ3) is 2.70. The number of aromatic nitrogens is 3. The Morgan fingerprint density at radius 1 is 1.56 bits per heavy atom. The molecule has 0 amide bonds. The second kappa shape index (κ2) is 5.07. The average molecular weight is 266 g/mol. The number of nitrogens with zero attached hydrogens (tertiary/aromatic N) is 4. The van der Waals surface area contributed by atoms with Crippen LogP contribution in [-0.4, -0.2) is 26.9 Å². The number of rotatable bonds is 4. The quantitative estimate of drug-likeness (QED) is 0.918. The number of aliphatic hydroxyl groups excluding tert-OH is 1. The molecule has 0 aliphatic rings. The molecule has 0 fully saturated rings. The smallest absolute Gasteiger partial charge is 0.185 e. The summed E-state index contributed by atoms with van der Waals surface area (Å²) in [5.74, 6) is 0. The predicted octanol–water partition coefficient (Wildman–Crippen LogP) is 1.87. The molecule has 0 saturated heterocycles. The molecule has 0 aliphatic carbocycles. The molecule has 18 heavy (non-hydrogen) atoms. The van der Waals surface area contributed by atoms with Crippen LogP contribution in [0.3, 0.4) is 0 Å². The van der Waals surface area contributed by atoms with Crippen LogP contribution in [0.2, 0.25) is 0 Å². The summed E-state index contributed by atoms with van der Waals surface area (Å²) in [4.78, 5) is 7.50. The lowest BCUT2D eigenvalue weighted by molar-refractivity contribution is 0.202. The second-order valence-electron chi connectivity index (χ2n) is 4.50. The Labute approximate surface area is 111 Å². The van der Waals surface area contributed by atoms with Gasteiger partial charge in [0.05, 0.1) is 22.9 Å².